The van der Waals surface area contributed by atoms with Gasteiger partial charge in [0.25, 0.3) is 0 Å². The van der Waals surface area contributed by atoms with Gasteiger partial charge in [0.15, 0.2) is 0 Å². The zero-order valence-electron chi connectivity index (χ0n) is 21.3. The Bertz CT molecular complexity index is 1980. The molecule has 2 heteroatoms. The summed E-state index contributed by atoms with van der Waals surface area (Å²) in [6, 6.07) is 43.3. The van der Waals surface area contributed by atoms with E-state index in [1.165, 1.54) is 60.2 Å². The number of hydrogen-bond donors (Lipinski definition) is 0. The zero-order valence-corrected chi connectivity index (χ0v) is 21.3. The number of aromatic nitrogens is 1. The van der Waals surface area contributed by atoms with Crippen molar-refractivity contribution >= 4 is 49.4 Å². The Balaban J connectivity index is 1.21. The second-order valence-corrected chi connectivity index (χ2v) is 9.87. The highest BCUT2D eigenvalue weighted by atomic mass is 16.5. The fraction of sp³-hybridized carbons (Fsp3) is 0.0556. The number of fused-ring (bicyclic) bond motifs is 6. The summed E-state index contributed by atoms with van der Waals surface area (Å²) in [5, 5.41) is 7.56. The Morgan fingerprint density at radius 3 is 2.26 bits per heavy atom. The number of aryl methyl sites for hydroxylation is 1. The van der Waals surface area contributed by atoms with Crippen molar-refractivity contribution in [3.05, 3.63) is 144 Å². The van der Waals surface area contributed by atoms with E-state index >= 15 is 0 Å². The van der Waals surface area contributed by atoms with Gasteiger partial charge < -0.3 is 9.30 Å². The fourth-order valence-electron chi connectivity index (χ4n) is 5.60. The highest BCUT2D eigenvalue weighted by Crippen LogP contribution is 2.37. The molecule has 0 saturated heterocycles. The van der Waals surface area contributed by atoms with Gasteiger partial charge in [0.05, 0.1) is 17.3 Å². The molecule has 0 unspecified atom stereocenters. The lowest BCUT2D eigenvalue weighted by molar-refractivity contribution is 0.238. The maximum Gasteiger partial charge on any atom is 0.113 e. The van der Waals surface area contributed by atoms with Crippen molar-refractivity contribution in [1.29, 1.82) is 0 Å². The molecule has 0 aliphatic carbocycles. The molecule has 0 atom stereocenters. The number of rotatable bonds is 5. The van der Waals surface area contributed by atoms with E-state index in [0.717, 1.165) is 5.56 Å². The van der Waals surface area contributed by atoms with Crippen LogP contribution in [-0.4, -0.2) is 4.57 Å². The molecule has 1 heterocycles. The van der Waals surface area contributed by atoms with Crippen LogP contribution in [0, 0.1) is 6.92 Å². The number of para-hydroxylation sites is 2. The van der Waals surface area contributed by atoms with Crippen molar-refractivity contribution in [3.63, 3.8) is 0 Å². The first-order chi connectivity index (χ1) is 18.8. The molecule has 7 rings (SSSR count). The number of benzene rings is 6. The monoisotopic (exact) mass is 489 g/mol. The number of hydrogen-bond acceptors (Lipinski definition) is 1. The maximum atomic E-state index is 5.96. The molecule has 0 radical (unpaired) electrons. The maximum absolute atomic E-state index is 5.96. The number of nitrogens with zero attached hydrogens (tertiary/aromatic N) is 1. The zero-order chi connectivity index (χ0) is 25.5. The van der Waals surface area contributed by atoms with Crippen molar-refractivity contribution < 1.29 is 4.74 Å². The molecule has 0 amide bonds. The first-order valence-electron chi connectivity index (χ1n) is 13.0. The lowest BCUT2D eigenvalue weighted by Crippen LogP contribution is -1.92. The topological polar surface area (TPSA) is 14.2 Å². The molecule has 0 fully saturated rings. The van der Waals surface area contributed by atoms with Crippen molar-refractivity contribution in [1.82, 2.24) is 4.57 Å². The van der Waals surface area contributed by atoms with Crippen molar-refractivity contribution in [3.8, 4) is 5.69 Å². The SMILES string of the molecule is Cc1cc2ccccc2cc1COC=Cc1ccc2c(ccc3c2c2ccccc2n3-c2ccccc2)c1. The first-order valence-corrected chi connectivity index (χ1v) is 13.0. The normalized spacial score (nSPS) is 11.8. The minimum absolute atomic E-state index is 0.556. The van der Waals surface area contributed by atoms with Crippen molar-refractivity contribution in [2.75, 3.05) is 0 Å². The summed E-state index contributed by atoms with van der Waals surface area (Å²) in [7, 11) is 0. The van der Waals surface area contributed by atoms with E-state index < -0.39 is 0 Å². The highest BCUT2D eigenvalue weighted by molar-refractivity contribution is 6.21. The molecule has 6 aromatic carbocycles. The predicted octanol–water partition coefficient (Wildman–Crippen LogP) is 9.59. The molecular weight excluding hydrogens is 462 g/mol. The van der Waals surface area contributed by atoms with Gasteiger partial charge in [-0.05, 0) is 87.6 Å². The molecular formula is C36H27NO. The van der Waals surface area contributed by atoms with Crippen LogP contribution < -0.4 is 0 Å². The van der Waals surface area contributed by atoms with Gasteiger partial charge in [0.2, 0.25) is 0 Å². The Labute approximate surface area is 222 Å². The van der Waals surface area contributed by atoms with Gasteiger partial charge in [0.1, 0.15) is 6.61 Å². The van der Waals surface area contributed by atoms with Crippen LogP contribution in [-0.2, 0) is 11.3 Å². The van der Waals surface area contributed by atoms with Crippen LogP contribution in [0.2, 0.25) is 0 Å². The second-order valence-electron chi connectivity index (χ2n) is 9.87. The van der Waals surface area contributed by atoms with Crippen LogP contribution in [0.5, 0.6) is 0 Å². The summed E-state index contributed by atoms with van der Waals surface area (Å²) in [5.74, 6) is 0. The summed E-state index contributed by atoms with van der Waals surface area (Å²) in [4.78, 5) is 0. The lowest BCUT2D eigenvalue weighted by Gasteiger charge is -2.09. The molecule has 0 spiro atoms. The molecule has 182 valence electrons. The van der Waals surface area contributed by atoms with Crippen molar-refractivity contribution in [2.24, 2.45) is 0 Å². The molecule has 0 bridgehead atoms. The third-order valence-corrected chi connectivity index (χ3v) is 7.49. The van der Waals surface area contributed by atoms with Crippen LogP contribution in [0.15, 0.2) is 128 Å². The Morgan fingerprint density at radius 2 is 1.39 bits per heavy atom. The Kier molecular flexibility index (Phi) is 5.44. The highest BCUT2D eigenvalue weighted by Gasteiger charge is 2.14. The van der Waals surface area contributed by atoms with Gasteiger partial charge in [-0.1, -0.05) is 84.9 Å². The summed E-state index contributed by atoms with van der Waals surface area (Å²) < 4.78 is 8.32. The first kappa shape index (κ1) is 22.4. The molecule has 0 N–H and O–H groups in total. The smallest absolute Gasteiger partial charge is 0.113 e. The quantitative estimate of drug-likeness (QED) is 0.220. The van der Waals surface area contributed by atoms with E-state index in [9.17, 15) is 0 Å². The average Bonchev–Trinajstić information content (AvgIpc) is 3.30. The van der Waals surface area contributed by atoms with Gasteiger partial charge in [0, 0.05) is 16.5 Å². The molecule has 7 aromatic rings. The molecule has 1 aromatic heterocycles. The number of ether oxygens (including phenoxy) is 1. The van der Waals surface area contributed by atoms with Gasteiger partial charge in [-0.2, -0.15) is 0 Å². The third kappa shape index (κ3) is 3.82. The molecule has 0 saturated carbocycles. The Hall–Kier alpha value is -4.82. The summed E-state index contributed by atoms with van der Waals surface area (Å²) >= 11 is 0. The van der Waals surface area contributed by atoms with Gasteiger partial charge >= 0.3 is 0 Å². The van der Waals surface area contributed by atoms with E-state index in [0.29, 0.717) is 6.61 Å². The summed E-state index contributed by atoms with van der Waals surface area (Å²) in [6.45, 7) is 2.70. The lowest BCUT2D eigenvalue weighted by atomic mass is 10.0. The summed E-state index contributed by atoms with van der Waals surface area (Å²) in [5.41, 5.74) is 7.21. The van der Waals surface area contributed by atoms with E-state index in [2.05, 4.69) is 133 Å². The predicted molar refractivity (Wildman–Crippen MR) is 161 cm³/mol. The van der Waals surface area contributed by atoms with Crippen LogP contribution in [0.1, 0.15) is 16.7 Å². The second kappa shape index (κ2) is 9.24. The average molecular weight is 490 g/mol. The fourth-order valence-corrected chi connectivity index (χ4v) is 5.60. The van der Waals surface area contributed by atoms with Gasteiger partial charge in [-0.3, -0.25) is 0 Å². The van der Waals surface area contributed by atoms with Gasteiger partial charge in [-0.25, -0.2) is 0 Å². The van der Waals surface area contributed by atoms with E-state index in [1.54, 1.807) is 0 Å². The van der Waals surface area contributed by atoms with Crippen LogP contribution in [0.3, 0.4) is 0 Å². The standard InChI is InChI=1S/C36H27NO/c1-25-21-27-9-5-6-10-28(27)23-30(25)24-38-20-19-26-15-17-32-29(22-26)16-18-35-36(32)33-13-7-8-14-34(33)37(35)31-11-3-2-4-12-31/h2-23H,24H2,1H3. The van der Waals surface area contributed by atoms with Gasteiger partial charge in [-0.15, -0.1) is 0 Å². The van der Waals surface area contributed by atoms with Crippen LogP contribution >= 0.6 is 0 Å². The van der Waals surface area contributed by atoms with Crippen molar-refractivity contribution in [2.45, 2.75) is 13.5 Å². The minimum Gasteiger partial charge on any atom is -0.496 e. The molecule has 0 aliphatic heterocycles. The third-order valence-electron chi connectivity index (χ3n) is 7.49. The van der Waals surface area contributed by atoms with E-state index in [1.807, 2.05) is 12.3 Å². The minimum atomic E-state index is 0.556. The molecule has 2 nitrogen and oxygen atoms in total. The molecule has 38 heavy (non-hydrogen) atoms. The van der Waals surface area contributed by atoms with Crippen LogP contribution in [0.4, 0.5) is 0 Å². The summed E-state index contributed by atoms with van der Waals surface area (Å²) in [6.07, 6.45) is 3.86. The van der Waals surface area contributed by atoms with E-state index in [4.69, 9.17) is 4.74 Å². The molecule has 0 aliphatic rings. The van der Waals surface area contributed by atoms with E-state index in [-0.39, 0.29) is 0 Å². The Morgan fingerprint density at radius 1 is 0.632 bits per heavy atom. The van der Waals surface area contributed by atoms with Crippen LogP contribution in [0.25, 0.3) is 55.1 Å². The largest absolute Gasteiger partial charge is 0.496 e.